The molecule has 1 heteroatoms. The van der Waals surface area contributed by atoms with E-state index in [0.29, 0.717) is 6.42 Å². The molecular formula is C15H22O. The minimum Gasteiger partial charge on any atom is -0.294 e. The molecule has 88 valence electrons. The van der Waals surface area contributed by atoms with Crippen LogP contribution in [0.2, 0.25) is 0 Å². The van der Waals surface area contributed by atoms with Gasteiger partial charge in [-0.1, -0.05) is 63.4 Å². The lowest BCUT2D eigenvalue weighted by Gasteiger charge is -2.04. The van der Waals surface area contributed by atoms with Crippen LogP contribution in [0.15, 0.2) is 30.3 Å². The van der Waals surface area contributed by atoms with Crippen molar-refractivity contribution in [2.45, 2.75) is 46.0 Å². The molecule has 0 aliphatic heterocycles. The van der Waals surface area contributed by atoms with Gasteiger partial charge in [0.1, 0.15) is 0 Å². The van der Waals surface area contributed by atoms with Gasteiger partial charge in [-0.25, -0.2) is 0 Å². The molecule has 1 aromatic rings. The maximum Gasteiger partial charge on any atom is 0.162 e. The Balaban J connectivity index is 2.16. The molecule has 0 N–H and O–H groups in total. The monoisotopic (exact) mass is 218 g/mol. The van der Waals surface area contributed by atoms with Crippen LogP contribution >= 0.6 is 0 Å². The van der Waals surface area contributed by atoms with Crippen molar-refractivity contribution in [2.24, 2.45) is 5.92 Å². The fourth-order valence-corrected chi connectivity index (χ4v) is 1.78. The number of rotatable bonds is 7. The average Bonchev–Trinajstić information content (AvgIpc) is 2.29. The van der Waals surface area contributed by atoms with Gasteiger partial charge in [-0.3, -0.25) is 4.79 Å². The highest BCUT2D eigenvalue weighted by Gasteiger charge is 2.04. The normalized spacial score (nSPS) is 10.7. The molecule has 1 rings (SSSR count). The number of Topliss-reactive ketones (excluding diaryl/α,β-unsaturated/α-hetero) is 1. The van der Waals surface area contributed by atoms with Crippen LogP contribution in [0.3, 0.4) is 0 Å². The molecular weight excluding hydrogens is 196 g/mol. The first-order chi connectivity index (χ1) is 7.70. The molecule has 0 radical (unpaired) electrons. The number of carbonyl (C=O) groups is 1. The molecule has 1 aromatic carbocycles. The van der Waals surface area contributed by atoms with Gasteiger partial charge in [-0.15, -0.1) is 0 Å². The zero-order chi connectivity index (χ0) is 11.8. The summed E-state index contributed by atoms with van der Waals surface area (Å²) in [6.07, 6.45) is 5.43. The number of benzene rings is 1. The fraction of sp³-hybridized carbons (Fsp3) is 0.533. The summed E-state index contributed by atoms with van der Waals surface area (Å²) in [4.78, 5) is 11.7. The molecule has 0 aromatic heterocycles. The van der Waals surface area contributed by atoms with E-state index in [4.69, 9.17) is 0 Å². The van der Waals surface area contributed by atoms with Crippen molar-refractivity contribution >= 4 is 5.78 Å². The molecule has 0 fully saturated rings. The van der Waals surface area contributed by atoms with E-state index in [-0.39, 0.29) is 5.78 Å². The summed E-state index contributed by atoms with van der Waals surface area (Å²) in [6.45, 7) is 4.49. The van der Waals surface area contributed by atoms with Gasteiger partial charge in [0.05, 0.1) is 0 Å². The summed E-state index contributed by atoms with van der Waals surface area (Å²) >= 11 is 0. The average molecular weight is 218 g/mol. The molecule has 0 saturated heterocycles. The van der Waals surface area contributed by atoms with Crippen molar-refractivity contribution in [1.82, 2.24) is 0 Å². The van der Waals surface area contributed by atoms with Crippen molar-refractivity contribution in [3.63, 3.8) is 0 Å². The lowest BCUT2D eigenvalue weighted by Crippen LogP contribution is -1.98. The zero-order valence-electron chi connectivity index (χ0n) is 10.4. The minimum atomic E-state index is 0.283. The summed E-state index contributed by atoms with van der Waals surface area (Å²) in [7, 11) is 0. The second kappa shape index (κ2) is 7.21. The molecule has 0 aliphatic carbocycles. The van der Waals surface area contributed by atoms with Gasteiger partial charge in [-0.2, -0.15) is 0 Å². The molecule has 0 bridgehead atoms. The van der Waals surface area contributed by atoms with Crippen molar-refractivity contribution in [2.75, 3.05) is 0 Å². The number of hydrogen-bond donors (Lipinski definition) is 0. The lowest BCUT2D eigenvalue weighted by atomic mass is 10.0. The van der Waals surface area contributed by atoms with Gasteiger partial charge < -0.3 is 0 Å². The van der Waals surface area contributed by atoms with E-state index >= 15 is 0 Å². The lowest BCUT2D eigenvalue weighted by molar-refractivity contribution is 0.0979. The van der Waals surface area contributed by atoms with Crippen LogP contribution < -0.4 is 0 Å². The van der Waals surface area contributed by atoms with E-state index in [1.807, 2.05) is 30.3 Å². The van der Waals surface area contributed by atoms with Gasteiger partial charge in [0, 0.05) is 12.0 Å². The smallest absolute Gasteiger partial charge is 0.162 e. The Morgan fingerprint density at radius 3 is 2.38 bits per heavy atom. The van der Waals surface area contributed by atoms with Gasteiger partial charge in [0.2, 0.25) is 0 Å². The van der Waals surface area contributed by atoms with E-state index in [2.05, 4.69) is 13.8 Å². The predicted octanol–water partition coefficient (Wildman–Crippen LogP) is 4.48. The van der Waals surface area contributed by atoms with Gasteiger partial charge in [0.15, 0.2) is 5.78 Å². The minimum absolute atomic E-state index is 0.283. The first-order valence-corrected chi connectivity index (χ1v) is 6.28. The second-order valence-corrected chi connectivity index (χ2v) is 4.78. The van der Waals surface area contributed by atoms with Crippen LogP contribution in [0.1, 0.15) is 56.3 Å². The third kappa shape index (κ3) is 5.11. The molecule has 0 saturated carbocycles. The van der Waals surface area contributed by atoms with Gasteiger partial charge >= 0.3 is 0 Å². The highest BCUT2D eigenvalue weighted by atomic mass is 16.1. The molecule has 1 nitrogen and oxygen atoms in total. The summed E-state index contributed by atoms with van der Waals surface area (Å²) in [5.41, 5.74) is 0.853. The van der Waals surface area contributed by atoms with Crippen LogP contribution in [0.5, 0.6) is 0 Å². The Morgan fingerprint density at radius 2 is 1.75 bits per heavy atom. The molecule has 16 heavy (non-hydrogen) atoms. The Kier molecular flexibility index (Phi) is 5.84. The quantitative estimate of drug-likeness (QED) is 0.487. The van der Waals surface area contributed by atoms with Crippen LogP contribution in [-0.4, -0.2) is 5.78 Å². The maximum absolute atomic E-state index is 11.7. The molecule has 0 aliphatic rings. The molecule has 0 amide bonds. The van der Waals surface area contributed by atoms with Crippen molar-refractivity contribution < 1.29 is 4.79 Å². The number of carbonyl (C=O) groups excluding carboxylic acids is 1. The SMILES string of the molecule is CC(C)CCCCCC(=O)c1ccccc1. The predicted molar refractivity (Wildman–Crippen MR) is 68.7 cm³/mol. The van der Waals surface area contributed by atoms with Gasteiger partial charge in [0.25, 0.3) is 0 Å². The Bertz CT molecular complexity index is 300. The van der Waals surface area contributed by atoms with Crippen molar-refractivity contribution in [1.29, 1.82) is 0 Å². The van der Waals surface area contributed by atoms with Crippen LogP contribution in [-0.2, 0) is 0 Å². The summed E-state index contributed by atoms with van der Waals surface area (Å²) in [5.74, 6) is 1.06. The third-order valence-corrected chi connectivity index (χ3v) is 2.78. The topological polar surface area (TPSA) is 17.1 Å². The Labute approximate surface area is 98.9 Å². The standard InChI is InChI=1S/C15H22O/c1-13(2)9-5-3-8-12-15(16)14-10-6-4-7-11-14/h4,6-7,10-11,13H,3,5,8-9,12H2,1-2H3. The van der Waals surface area contributed by atoms with E-state index in [0.717, 1.165) is 17.9 Å². The molecule has 0 unspecified atom stereocenters. The second-order valence-electron chi connectivity index (χ2n) is 4.78. The van der Waals surface area contributed by atoms with Crippen LogP contribution in [0.4, 0.5) is 0 Å². The summed E-state index contributed by atoms with van der Waals surface area (Å²) in [5, 5.41) is 0. The van der Waals surface area contributed by atoms with E-state index in [1.165, 1.54) is 19.3 Å². The molecule has 0 atom stereocenters. The first kappa shape index (κ1) is 13.0. The molecule has 0 heterocycles. The summed E-state index contributed by atoms with van der Waals surface area (Å²) < 4.78 is 0. The van der Waals surface area contributed by atoms with Crippen molar-refractivity contribution in [3.05, 3.63) is 35.9 Å². The summed E-state index contributed by atoms with van der Waals surface area (Å²) in [6, 6.07) is 9.59. The largest absolute Gasteiger partial charge is 0.294 e. The van der Waals surface area contributed by atoms with E-state index in [1.54, 1.807) is 0 Å². The Hall–Kier alpha value is -1.11. The first-order valence-electron chi connectivity index (χ1n) is 6.28. The maximum atomic E-state index is 11.7. The van der Waals surface area contributed by atoms with Gasteiger partial charge in [-0.05, 0) is 12.3 Å². The Morgan fingerprint density at radius 1 is 1.06 bits per heavy atom. The van der Waals surface area contributed by atoms with Crippen LogP contribution in [0, 0.1) is 5.92 Å². The van der Waals surface area contributed by atoms with Crippen LogP contribution in [0.25, 0.3) is 0 Å². The highest BCUT2D eigenvalue weighted by molar-refractivity contribution is 5.95. The molecule has 0 spiro atoms. The number of hydrogen-bond acceptors (Lipinski definition) is 1. The number of ketones is 1. The zero-order valence-corrected chi connectivity index (χ0v) is 10.4. The highest BCUT2D eigenvalue weighted by Crippen LogP contribution is 2.11. The van der Waals surface area contributed by atoms with E-state index < -0.39 is 0 Å². The third-order valence-electron chi connectivity index (χ3n) is 2.78. The number of unbranched alkanes of at least 4 members (excludes halogenated alkanes) is 2. The van der Waals surface area contributed by atoms with E-state index in [9.17, 15) is 4.79 Å². The van der Waals surface area contributed by atoms with Crippen molar-refractivity contribution in [3.8, 4) is 0 Å². The fourth-order valence-electron chi connectivity index (χ4n) is 1.78.